The molecule has 4 aliphatic carbocycles. The Morgan fingerprint density at radius 1 is 1.19 bits per heavy atom. The highest BCUT2D eigenvalue weighted by Gasteiger charge is 2.47. The molecule has 21 heavy (non-hydrogen) atoms. The number of carbonyl (C=O) groups is 1. The monoisotopic (exact) mass is 304 g/mol. The van der Waals surface area contributed by atoms with Crippen LogP contribution in [0.5, 0.6) is 0 Å². The van der Waals surface area contributed by atoms with E-state index in [0.29, 0.717) is 6.04 Å². The van der Waals surface area contributed by atoms with E-state index < -0.39 is 0 Å². The van der Waals surface area contributed by atoms with E-state index in [1.807, 2.05) is 6.07 Å². The Kier molecular flexibility index (Phi) is 3.54. The smallest absolute Gasteiger partial charge is 0.221 e. The average molecular weight is 304 g/mol. The lowest BCUT2D eigenvalue weighted by atomic mass is 9.54. The van der Waals surface area contributed by atoms with Crippen molar-refractivity contribution in [1.29, 1.82) is 0 Å². The Morgan fingerprint density at radius 3 is 2.48 bits per heavy atom. The molecule has 0 aliphatic heterocycles. The van der Waals surface area contributed by atoms with Gasteiger partial charge in [-0.25, -0.2) is 0 Å². The van der Waals surface area contributed by atoms with E-state index in [0.717, 1.165) is 35.9 Å². The molecule has 114 valence electrons. The average Bonchev–Trinajstić information content (AvgIpc) is 2.83. The van der Waals surface area contributed by atoms with Gasteiger partial charge in [0.2, 0.25) is 5.91 Å². The van der Waals surface area contributed by atoms with Crippen LogP contribution in [-0.2, 0) is 11.3 Å². The summed E-state index contributed by atoms with van der Waals surface area (Å²) in [4.78, 5) is 12.5. The fourth-order valence-electron chi connectivity index (χ4n) is 5.25. The molecule has 0 atom stereocenters. The van der Waals surface area contributed by atoms with Gasteiger partial charge in [-0.1, -0.05) is 0 Å². The Morgan fingerprint density at radius 2 is 1.86 bits per heavy atom. The van der Waals surface area contributed by atoms with E-state index in [9.17, 15) is 4.79 Å². The summed E-state index contributed by atoms with van der Waals surface area (Å²) in [6.07, 6.45) is 7.32. The zero-order valence-electron chi connectivity index (χ0n) is 12.6. The van der Waals surface area contributed by atoms with E-state index in [4.69, 9.17) is 0 Å². The summed E-state index contributed by atoms with van der Waals surface area (Å²) >= 11 is 1.74. The topological polar surface area (TPSA) is 41.1 Å². The lowest BCUT2D eigenvalue weighted by molar-refractivity contribution is -0.114. The first-order chi connectivity index (χ1) is 10.2. The van der Waals surface area contributed by atoms with Gasteiger partial charge < -0.3 is 10.6 Å². The SMILES string of the molecule is CC(=O)Nc1ccsc1CNC1C2CC3CC(C2)CC1C3. The lowest BCUT2D eigenvalue weighted by Crippen LogP contribution is -2.54. The van der Waals surface area contributed by atoms with Crippen LogP contribution in [0.3, 0.4) is 0 Å². The Labute approximate surface area is 130 Å². The summed E-state index contributed by atoms with van der Waals surface area (Å²) in [5.41, 5.74) is 0.990. The van der Waals surface area contributed by atoms with Crippen LogP contribution in [0.4, 0.5) is 5.69 Å². The quantitative estimate of drug-likeness (QED) is 0.892. The van der Waals surface area contributed by atoms with Gasteiger partial charge in [0.25, 0.3) is 0 Å². The number of anilines is 1. The Hall–Kier alpha value is -0.870. The maximum Gasteiger partial charge on any atom is 0.221 e. The molecule has 4 bridgehead atoms. The molecule has 0 saturated heterocycles. The highest BCUT2D eigenvalue weighted by atomic mass is 32.1. The van der Waals surface area contributed by atoms with Gasteiger partial charge in [-0.05, 0) is 67.2 Å². The number of hydrogen-bond acceptors (Lipinski definition) is 3. The number of hydrogen-bond donors (Lipinski definition) is 2. The van der Waals surface area contributed by atoms with Gasteiger partial charge in [-0.15, -0.1) is 11.3 Å². The molecule has 0 aromatic carbocycles. The summed E-state index contributed by atoms with van der Waals surface area (Å²) in [7, 11) is 0. The second-order valence-corrected chi connectivity index (χ2v) is 8.28. The normalized spacial score (nSPS) is 36.9. The van der Waals surface area contributed by atoms with Crippen molar-refractivity contribution in [3.05, 3.63) is 16.3 Å². The molecule has 1 heterocycles. The summed E-state index contributed by atoms with van der Waals surface area (Å²) in [5, 5.41) is 8.85. The number of amides is 1. The second-order valence-electron chi connectivity index (χ2n) is 7.28. The molecule has 4 saturated carbocycles. The van der Waals surface area contributed by atoms with Crippen molar-refractivity contribution in [1.82, 2.24) is 5.32 Å². The molecule has 5 rings (SSSR count). The van der Waals surface area contributed by atoms with Crippen LogP contribution in [0, 0.1) is 23.7 Å². The van der Waals surface area contributed by atoms with Crippen molar-refractivity contribution in [2.24, 2.45) is 23.7 Å². The number of rotatable bonds is 4. The van der Waals surface area contributed by atoms with Gasteiger partial charge >= 0.3 is 0 Å². The van der Waals surface area contributed by atoms with Crippen LogP contribution in [0.15, 0.2) is 11.4 Å². The predicted octanol–water partition coefficient (Wildman–Crippen LogP) is 3.62. The van der Waals surface area contributed by atoms with Gasteiger partial charge in [0.15, 0.2) is 0 Å². The maximum absolute atomic E-state index is 11.2. The predicted molar refractivity (Wildman–Crippen MR) is 86.3 cm³/mol. The van der Waals surface area contributed by atoms with Crippen LogP contribution < -0.4 is 10.6 Å². The van der Waals surface area contributed by atoms with Crippen LogP contribution >= 0.6 is 11.3 Å². The second kappa shape index (κ2) is 5.40. The Bertz CT molecular complexity index is 511. The minimum Gasteiger partial charge on any atom is -0.325 e. The molecule has 0 unspecified atom stereocenters. The highest BCUT2D eigenvalue weighted by Crippen LogP contribution is 2.53. The van der Waals surface area contributed by atoms with E-state index in [1.54, 1.807) is 18.3 Å². The summed E-state index contributed by atoms with van der Waals surface area (Å²) in [6.45, 7) is 2.48. The maximum atomic E-state index is 11.2. The van der Waals surface area contributed by atoms with Gasteiger partial charge in [0.1, 0.15) is 0 Å². The molecule has 4 aliphatic rings. The zero-order valence-corrected chi connectivity index (χ0v) is 13.4. The fourth-order valence-corrected chi connectivity index (χ4v) is 6.03. The van der Waals surface area contributed by atoms with Gasteiger partial charge in [-0.2, -0.15) is 0 Å². The first-order valence-corrected chi connectivity index (χ1v) is 9.14. The molecule has 0 radical (unpaired) electrons. The molecular formula is C17H24N2OS. The molecule has 4 fully saturated rings. The van der Waals surface area contributed by atoms with Crippen LogP contribution in [-0.4, -0.2) is 11.9 Å². The summed E-state index contributed by atoms with van der Waals surface area (Å²) < 4.78 is 0. The molecule has 1 aromatic heterocycles. The van der Waals surface area contributed by atoms with E-state index in [-0.39, 0.29) is 5.91 Å². The standard InChI is InChI=1S/C17H24N2OS/c1-10(20)19-15-2-3-21-16(15)9-18-17-13-5-11-4-12(7-13)8-14(17)6-11/h2-3,11-14,17-18H,4-9H2,1H3,(H,19,20). The molecule has 1 aromatic rings. The first-order valence-electron chi connectivity index (χ1n) is 8.26. The van der Waals surface area contributed by atoms with Gasteiger partial charge in [0, 0.05) is 24.4 Å². The van der Waals surface area contributed by atoms with E-state index >= 15 is 0 Å². The van der Waals surface area contributed by atoms with Crippen molar-refractivity contribution in [3.8, 4) is 0 Å². The molecule has 4 heteroatoms. The van der Waals surface area contributed by atoms with E-state index in [2.05, 4.69) is 16.0 Å². The lowest BCUT2D eigenvalue weighted by Gasteiger charge is -2.54. The van der Waals surface area contributed by atoms with E-state index in [1.165, 1.54) is 37.0 Å². The molecular weight excluding hydrogens is 280 g/mol. The highest BCUT2D eigenvalue weighted by molar-refractivity contribution is 7.10. The summed E-state index contributed by atoms with van der Waals surface area (Å²) in [6, 6.07) is 2.73. The number of nitrogens with one attached hydrogen (secondary N) is 2. The van der Waals surface area contributed by atoms with Crippen LogP contribution in [0.25, 0.3) is 0 Å². The van der Waals surface area contributed by atoms with Crippen molar-refractivity contribution < 1.29 is 4.79 Å². The molecule has 3 nitrogen and oxygen atoms in total. The first kappa shape index (κ1) is 13.8. The van der Waals surface area contributed by atoms with Gasteiger partial charge in [-0.3, -0.25) is 4.79 Å². The number of carbonyl (C=O) groups excluding carboxylic acids is 1. The summed E-state index contributed by atoms with van der Waals surface area (Å²) in [5.74, 6) is 3.89. The molecule has 2 N–H and O–H groups in total. The third-order valence-corrected chi connectivity index (χ3v) is 6.70. The van der Waals surface area contributed by atoms with Crippen LogP contribution in [0.2, 0.25) is 0 Å². The van der Waals surface area contributed by atoms with Crippen molar-refractivity contribution in [3.63, 3.8) is 0 Å². The fraction of sp³-hybridized carbons (Fsp3) is 0.706. The minimum atomic E-state index is 0.0178. The van der Waals surface area contributed by atoms with Gasteiger partial charge in [0.05, 0.1) is 5.69 Å². The molecule has 1 amide bonds. The zero-order chi connectivity index (χ0) is 14.4. The third kappa shape index (κ3) is 2.64. The third-order valence-electron chi connectivity index (χ3n) is 5.78. The van der Waals surface area contributed by atoms with Crippen molar-refractivity contribution in [2.75, 3.05) is 5.32 Å². The number of thiophene rings is 1. The van der Waals surface area contributed by atoms with Crippen molar-refractivity contribution in [2.45, 2.75) is 51.6 Å². The van der Waals surface area contributed by atoms with Crippen molar-refractivity contribution >= 4 is 22.9 Å². The van der Waals surface area contributed by atoms with Crippen LogP contribution in [0.1, 0.15) is 43.9 Å². The largest absolute Gasteiger partial charge is 0.325 e. The Balaban J connectivity index is 1.41. The minimum absolute atomic E-state index is 0.0178. The molecule has 0 spiro atoms.